The molecule has 112 valence electrons. The first kappa shape index (κ1) is 15.1. The number of rotatable bonds is 5. The molecule has 0 saturated carbocycles. The number of aryl methyl sites for hydroxylation is 2. The predicted molar refractivity (Wildman–Crippen MR) is 75.1 cm³/mol. The first-order chi connectivity index (χ1) is 9.86. The zero-order valence-electron chi connectivity index (χ0n) is 11.8. The zero-order chi connectivity index (χ0) is 15.6. The van der Waals surface area contributed by atoms with Crippen LogP contribution < -0.4 is 5.32 Å². The Morgan fingerprint density at radius 2 is 2.19 bits per heavy atom. The molecule has 0 spiro atoms. The number of carbonyl (C=O) groups excluding carboxylic acids is 1. The number of aromatic nitrogens is 4. The van der Waals surface area contributed by atoms with Crippen LogP contribution in [0, 0.1) is 13.8 Å². The van der Waals surface area contributed by atoms with E-state index in [2.05, 4.69) is 20.6 Å². The summed E-state index contributed by atoms with van der Waals surface area (Å²) in [5, 5.41) is 19.7. The van der Waals surface area contributed by atoms with Crippen LogP contribution in [0.15, 0.2) is 6.20 Å². The van der Waals surface area contributed by atoms with E-state index in [4.69, 9.17) is 5.11 Å². The van der Waals surface area contributed by atoms with E-state index in [9.17, 15) is 9.59 Å². The molecule has 2 rings (SSSR count). The highest BCUT2D eigenvalue weighted by Crippen LogP contribution is 2.24. The maximum absolute atomic E-state index is 12.1. The summed E-state index contributed by atoms with van der Waals surface area (Å²) in [5.74, 6) is -1.44. The highest BCUT2D eigenvalue weighted by atomic mass is 32.1. The summed E-state index contributed by atoms with van der Waals surface area (Å²) in [4.78, 5) is 27.9. The number of carboxylic acids is 1. The summed E-state index contributed by atoms with van der Waals surface area (Å²) in [6.07, 6.45) is 1.31. The second kappa shape index (κ2) is 6.00. The molecule has 8 nitrogen and oxygen atoms in total. The number of thiazole rings is 1. The van der Waals surface area contributed by atoms with Crippen molar-refractivity contribution >= 4 is 23.2 Å². The lowest BCUT2D eigenvalue weighted by Crippen LogP contribution is -2.26. The van der Waals surface area contributed by atoms with Gasteiger partial charge in [0.05, 0.1) is 22.9 Å². The lowest BCUT2D eigenvalue weighted by Gasteiger charge is -2.11. The van der Waals surface area contributed by atoms with E-state index in [0.717, 1.165) is 20.3 Å². The lowest BCUT2D eigenvalue weighted by atomic mass is 10.2. The third-order valence-corrected chi connectivity index (χ3v) is 4.00. The predicted octanol–water partition coefficient (Wildman–Crippen LogP) is 0.927. The van der Waals surface area contributed by atoms with E-state index in [-0.39, 0.29) is 18.3 Å². The van der Waals surface area contributed by atoms with E-state index in [0.29, 0.717) is 0 Å². The minimum Gasteiger partial charge on any atom is -0.480 e. The summed E-state index contributed by atoms with van der Waals surface area (Å²) < 4.78 is 1.10. The van der Waals surface area contributed by atoms with E-state index in [1.54, 1.807) is 0 Å². The van der Waals surface area contributed by atoms with Gasteiger partial charge in [-0.1, -0.05) is 5.21 Å². The molecule has 0 saturated heterocycles. The second-order valence-corrected chi connectivity index (χ2v) is 5.81. The van der Waals surface area contributed by atoms with Crippen molar-refractivity contribution in [3.8, 4) is 0 Å². The van der Waals surface area contributed by atoms with Crippen molar-refractivity contribution < 1.29 is 14.7 Å². The topological polar surface area (TPSA) is 110 Å². The van der Waals surface area contributed by atoms with Crippen LogP contribution in [0.2, 0.25) is 0 Å². The van der Waals surface area contributed by atoms with Gasteiger partial charge in [0.1, 0.15) is 6.54 Å². The molecular formula is C12H15N5O3S. The van der Waals surface area contributed by atoms with Crippen LogP contribution in [0.3, 0.4) is 0 Å². The van der Waals surface area contributed by atoms with Crippen LogP contribution in [0.25, 0.3) is 0 Å². The van der Waals surface area contributed by atoms with Gasteiger partial charge in [0.25, 0.3) is 5.91 Å². The number of amides is 1. The molecule has 0 aromatic carbocycles. The maximum Gasteiger partial charge on any atom is 0.325 e. The van der Waals surface area contributed by atoms with E-state index < -0.39 is 11.9 Å². The number of hydrogen-bond acceptors (Lipinski definition) is 6. The summed E-state index contributed by atoms with van der Waals surface area (Å²) >= 11 is 1.53. The van der Waals surface area contributed by atoms with Gasteiger partial charge in [-0.15, -0.1) is 16.4 Å². The van der Waals surface area contributed by atoms with Gasteiger partial charge in [-0.2, -0.15) is 0 Å². The van der Waals surface area contributed by atoms with E-state index in [1.807, 2.05) is 20.8 Å². The van der Waals surface area contributed by atoms with Gasteiger partial charge in [0.15, 0.2) is 5.69 Å². The van der Waals surface area contributed by atoms with Crippen molar-refractivity contribution in [2.24, 2.45) is 0 Å². The second-order valence-electron chi connectivity index (χ2n) is 4.57. The number of nitrogens with zero attached hydrogens (tertiary/aromatic N) is 4. The molecule has 0 fully saturated rings. The van der Waals surface area contributed by atoms with Gasteiger partial charge in [0.2, 0.25) is 0 Å². The van der Waals surface area contributed by atoms with Crippen LogP contribution in [-0.4, -0.2) is 37.0 Å². The Hall–Kier alpha value is -2.29. The van der Waals surface area contributed by atoms with Gasteiger partial charge in [-0.25, -0.2) is 9.67 Å². The smallest absolute Gasteiger partial charge is 0.325 e. The monoisotopic (exact) mass is 309 g/mol. The number of hydrogen-bond donors (Lipinski definition) is 2. The Balaban J connectivity index is 2.05. The van der Waals surface area contributed by atoms with Crippen molar-refractivity contribution in [3.63, 3.8) is 0 Å². The van der Waals surface area contributed by atoms with E-state index in [1.165, 1.54) is 17.5 Å². The molecule has 1 atom stereocenters. The zero-order valence-corrected chi connectivity index (χ0v) is 12.6. The number of aliphatic carboxylic acids is 1. The third-order valence-electron chi connectivity index (χ3n) is 2.75. The molecule has 0 aliphatic carbocycles. The summed E-state index contributed by atoms with van der Waals surface area (Å²) in [6, 6.07) is -0.201. The third kappa shape index (κ3) is 3.63. The molecule has 21 heavy (non-hydrogen) atoms. The quantitative estimate of drug-likeness (QED) is 0.850. The molecule has 0 aliphatic heterocycles. The normalized spacial score (nSPS) is 12.1. The Bertz CT molecular complexity index is 678. The highest BCUT2D eigenvalue weighted by molar-refractivity contribution is 7.11. The number of carboxylic acid groups (broad SMARTS) is 1. The molecule has 0 radical (unpaired) electrons. The van der Waals surface area contributed by atoms with Gasteiger partial charge in [-0.05, 0) is 20.8 Å². The van der Waals surface area contributed by atoms with Crippen molar-refractivity contribution in [2.75, 3.05) is 0 Å². The van der Waals surface area contributed by atoms with Crippen LogP contribution in [-0.2, 0) is 11.3 Å². The SMILES string of the molecule is Cc1nc(C)c(C(C)NC(=O)c2cn(CC(=O)O)nn2)s1. The van der Waals surface area contributed by atoms with Crippen LogP contribution in [0.5, 0.6) is 0 Å². The van der Waals surface area contributed by atoms with Crippen molar-refractivity contribution in [3.05, 3.63) is 27.5 Å². The minimum atomic E-state index is -1.05. The van der Waals surface area contributed by atoms with Crippen LogP contribution >= 0.6 is 11.3 Å². The Morgan fingerprint density at radius 3 is 2.76 bits per heavy atom. The average Bonchev–Trinajstić information content (AvgIpc) is 2.95. The molecule has 0 bridgehead atoms. The Labute approximate surface area is 124 Å². The molecular weight excluding hydrogens is 294 g/mol. The molecule has 2 aromatic heterocycles. The molecule has 2 heterocycles. The highest BCUT2D eigenvalue weighted by Gasteiger charge is 2.18. The first-order valence-corrected chi connectivity index (χ1v) is 7.05. The first-order valence-electron chi connectivity index (χ1n) is 6.23. The molecule has 1 amide bonds. The standard InChI is InChI=1S/C12H15N5O3S/c1-6-11(21-8(3)13-6)7(2)14-12(20)9-4-17(16-15-9)5-10(18)19/h4,7H,5H2,1-3H3,(H,14,20)(H,18,19). The fraction of sp³-hybridized carbons (Fsp3) is 0.417. The number of nitrogens with one attached hydrogen (secondary N) is 1. The van der Waals surface area contributed by atoms with Gasteiger partial charge in [-0.3, -0.25) is 9.59 Å². The van der Waals surface area contributed by atoms with Crippen molar-refractivity contribution in [1.29, 1.82) is 0 Å². The fourth-order valence-corrected chi connectivity index (χ4v) is 2.83. The van der Waals surface area contributed by atoms with E-state index >= 15 is 0 Å². The summed E-state index contributed by atoms with van der Waals surface area (Å²) in [6.45, 7) is 5.33. The van der Waals surface area contributed by atoms with Gasteiger partial charge < -0.3 is 10.4 Å². The lowest BCUT2D eigenvalue weighted by molar-refractivity contribution is -0.137. The summed E-state index contributed by atoms with van der Waals surface area (Å²) in [5.41, 5.74) is 0.974. The van der Waals surface area contributed by atoms with Gasteiger partial charge >= 0.3 is 5.97 Å². The van der Waals surface area contributed by atoms with Crippen molar-refractivity contribution in [1.82, 2.24) is 25.3 Å². The van der Waals surface area contributed by atoms with Crippen molar-refractivity contribution in [2.45, 2.75) is 33.4 Å². The molecule has 2 N–H and O–H groups in total. The van der Waals surface area contributed by atoms with Crippen LogP contribution in [0.4, 0.5) is 0 Å². The number of carbonyl (C=O) groups is 2. The summed E-state index contributed by atoms with van der Waals surface area (Å²) in [7, 11) is 0. The molecule has 1 unspecified atom stereocenters. The average molecular weight is 309 g/mol. The fourth-order valence-electron chi connectivity index (χ4n) is 1.90. The largest absolute Gasteiger partial charge is 0.480 e. The Kier molecular flexibility index (Phi) is 4.32. The maximum atomic E-state index is 12.1. The minimum absolute atomic E-state index is 0.0852. The molecule has 0 aliphatic rings. The van der Waals surface area contributed by atoms with Gasteiger partial charge in [0, 0.05) is 4.88 Å². The molecule has 9 heteroatoms. The molecule has 2 aromatic rings. The van der Waals surface area contributed by atoms with Crippen LogP contribution in [0.1, 0.15) is 39.0 Å². The Morgan fingerprint density at radius 1 is 1.48 bits per heavy atom.